The summed E-state index contributed by atoms with van der Waals surface area (Å²) in [5.41, 5.74) is 0.926. The predicted molar refractivity (Wildman–Crippen MR) is 94.5 cm³/mol. The van der Waals surface area contributed by atoms with E-state index >= 15 is 0 Å². The Bertz CT molecular complexity index is 822. The average molecular weight is 356 g/mol. The molecule has 7 heteroatoms. The molecule has 0 bridgehead atoms. The normalized spacial score (nSPS) is 17.7. The average Bonchev–Trinajstić information content (AvgIpc) is 3.30. The van der Waals surface area contributed by atoms with Crippen LogP contribution in [0.1, 0.15) is 30.4 Å². The van der Waals surface area contributed by atoms with E-state index in [4.69, 9.17) is 16.3 Å². The molecule has 0 saturated carbocycles. The highest BCUT2D eigenvalue weighted by atomic mass is 35.5. The maximum Gasteiger partial charge on any atom is 0.238 e. The van der Waals surface area contributed by atoms with Gasteiger partial charge in [0.25, 0.3) is 0 Å². The summed E-state index contributed by atoms with van der Waals surface area (Å²) in [7, 11) is 0. The molecule has 2 aromatic heterocycles. The van der Waals surface area contributed by atoms with E-state index in [1.54, 1.807) is 24.5 Å². The number of aromatic nitrogens is 4. The Hall–Kier alpha value is -2.44. The van der Waals surface area contributed by atoms with Crippen LogP contribution in [0.2, 0.25) is 5.02 Å². The number of nitrogens with one attached hydrogen (secondary N) is 1. The SMILES string of the molecule is Clc1ccc(Oc2cncc([C@@H]3CCCN3Cc3ncc[nH]3)n2)cc1. The summed E-state index contributed by atoms with van der Waals surface area (Å²) >= 11 is 5.90. The molecule has 6 nitrogen and oxygen atoms in total. The van der Waals surface area contributed by atoms with Crippen molar-refractivity contribution in [3.05, 3.63) is 65.6 Å². The van der Waals surface area contributed by atoms with E-state index in [1.165, 1.54) is 0 Å². The van der Waals surface area contributed by atoms with Crippen LogP contribution in [-0.2, 0) is 6.54 Å². The molecule has 0 unspecified atom stereocenters. The fraction of sp³-hybridized carbons (Fsp3) is 0.278. The second kappa shape index (κ2) is 7.21. The summed E-state index contributed by atoms with van der Waals surface area (Å²) in [4.78, 5) is 18.8. The summed E-state index contributed by atoms with van der Waals surface area (Å²) in [6.45, 7) is 1.80. The maximum absolute atomic E-state index is 5.90. The predicted octanol–water partition coefficient (Wildman–Crippen LogP) is 3.98. The molecule has 0 spiro atoms. The number of likely N-dealkylation sites (tertiary alicyclic amines) is 1. The Kier molecular flexibility index (Phi) is 4.63. The Morgan fingerprint density at radius 3 is 2.92 bits per heavy atom. The van der Waals surface area contributed by atoms with Gasteiger partial charge in [0, 0.05) is 17.4 Å². The van der Waals surface area contributed by atoms with Gasteiger partial charge in [-0.15, -0.1) is 0 Å². The van der Waals surface area contributed by atoms with Gasteiger partial charge in [-0.3, -0.25) is 9.88 Å². The van der Waals surface area contributed by atoms with Crippen molar-refractivity contribution in [2.45, 2.75) is 25.4 Å². The molecule has 1 saturated heterocycles. The fourth-order valence-electron chi connectivity index (χ4n) is 3.12. The van der Waals surface area contributed by atoms with Crippen LogP contribution in [0, 0.1) is 0 Å². The van der Waals surface area contributed by atoms with Crippen molar-refractivity contribution < 1.29 is 4.74 Å². The molecule has 1 fully saturated rings. The van der Waals surface area contributed by atoms with Crippen LogP contribution in [0.15, 0.2) is 49.1 Å². The highest BCUT2D eigenvalue weighted by Gasteiger charge is 2.28. The van der Waals surface area contributed by atoms with E-state index in [1.807, 2.05) is 24.5 Å². The first-order valence-electron chi connectivity index (χ1n) is 8.25. The van der Waals surface area contributed by atoms with Gasteiger partial charge >= 0.3 is 0 Å². The maximum atomic E-state index is 5.90. The number of rotatable bonds is 5. The van der Waals surface area contributed by atoms with Gasteiger partial charge in [0.05, 0.1) is 30.7 Å². The first-order chi connectivity index (χ1) is 12.3. The van der Waals surface area contributed by atoms with Crippen molar-refractivity contribution in [3.63, 3.8) is 0 Å². The van der Waals surface area contributed by atoms with Gasteiger partial charge in [0.15, 0.2) is 0 Å². The van der Waals surface area contributed by atoms with Crippen LogP contribution in [0.4, 0.5) is 0 Å². The Labute approximate surface area is 150 Å². The Morgan fingerprint density at radius 1 is 1.24 bits per heavy atom. The Balaban J connectivity index is 1.51. The lowest BCUT2D eigenvalue weighted by Crippen LogP contribution is -2.24. The van der Waals surface area contributed by atoms with Crippen molar-refractivity contribution in [1.29, 1.82) is 0 Å². The van der Waals surface area contributed by atoms with Crippen LogP contribution in [0.3, 0.4) is 0 Å². The number of aromatic amines is 1. The molecule has 0 amide bonds. The van der Waals surface area contributed by atoms with Crippen molar-refractivity contribution in [2.24, 2.45) is 0 Å². The summed E-state index contributed by atoms with van der Waals surface area (Å²) in [5, 5.41) is 0.673. The highest BCUT2D eigenvalue weighted by Crippen LogP contribution is 2.32. The molecule has 1 aliphatic rings. The number of hydrogen-bond acceptors (Lipinski definition) is 5. The molecule has 25 heavy (non-hydrogen) atoms. The van der Waals surface area contributed by atoms with Gasteiger partial charge in [-0.2, -0.15) is 0 Å². The monoisotopic (exact) mass is 355 g/mol. The van der Waals surface area contributed by atoms with Gasteiger partial charge in [0.1, 0.15) is 11.6 Å². The minimum absolute atomic E-state index is 0.228. The molecular weight excluding hydrogens is 338 g/mol. The number of H-pyrrole nitrogens is 1. The molecule has 1 N–H and O–H groups in total. The van der Waals surface area contributed by atoms with Crippen LogP contribution in [-0.4, -0.2) is 31.4 Å². The van der Waals surface area contributed by atoms with E-state index in [2.05, 4.69) is 24.8 Å². The minimum Gasteiger partial charge on any atom is -0.437 e. The van der Waals surface area contributed by atoms with E-state index in [9.17, 15) is 0 Å². The number of halogens is 1. The smallest absolute Gasteiger partial charge is 0.238 e. The molecule has 3 heterocycles. The third kappa shape index (κ3) is 3.81. The number of imidazole rings is 1. The van der Waals surface area contributed by atoms with Crippen LogP contribution < -0.4 is 4.74 Å². The highest BCUT2D eigenvalue weighted by molar-refractivity contribution is 6.30. The zero-order valence-corrected chi connectivity index (χ0v) is 14.4. The number of benzene rings is 1. The van der Waals surface area contributed by atoms with Crippen LogP contribution in [0.5, 0.6) is 11.6 Å². The first kappa shape index (κ1) is 16.1. The molecule has 0 radical (unpaired) electrons. The fourth-order valence-corrected chi connectivity index (χ4v) is 3.25. The molecule has 3 aromatic rings. The molecule has 128 valence electrons. The van der Waals surface area contributed by atoms with Crippen molar-refractivity contribution in [3.8, 4) is 11.6 Å². The lowest BCUT2D eigenvalue weighted by atomic mass is 10.1. The van der Waals surface area contributed by atoms with Crippen LogP contribution >= 0.6 is 11.6 Å². The van der Waals surface area contributed by atoms with Crippen molar-refractivity contribution >= 4 is 11.6 Å². The summed E-state index contributed by atoms with van der Waals surface area (Å²) in [6, 6.07) is 7.43. The van der Waals surface area contributed by atoms with E-state index in [0.29, 0.717) is 16.7 Å². The van der Waals surface area contributed by atoms with E-state index in [0.717, 1.165) is 37.4 Å². The zero-order chi connectivity index (χ0) is 17.1. The zero-order valence-electron chi connectivity index (χ0n) is 13.6. The third-order valence-corrected chi connectivity index (χ3v) is 4.53. The van der Waals surface area contributed by atoms with Crippen molar-refractivity contribution in [1.82, 2.24) is 24.8 Å². The molecule has 1 aromatic carbocycles. The summed E-state index contributed by atoms with van der Waals surface area (Å²) < 4.78 is 5.81. The molecule has 4 rings (SSSR count). The minimum atomic E-state index is 0.228. The van der Waals surface area contributed by atoms with Crippen molar-refractivity contribution in [2.75, 3.05) is 6.54 Å². The lowest BCUT2D eigenvalue weighted by Gasteiger charge is -2.22. The molecule has 1 aliphatic heterocycles. The largest absolute Gasteiger partial charge is 0.437 e. The van der Waals surface area contributed by atoms with Gasteiger partial charge in [-0.05, 0) is 43.7 Å². The first-order valence-corrected chi connectivity index (χ1v) is 8.63. The lowest BCUT2D eigenvalue weighted by molar-refractivity contribution is 0.237. The quantitative estimate of drug-likeness (QED) is 0.749. The molecule has 0 aliphatic carbocycles. The van der Waals surface area contributed by atoms with Gasteiger partial charge in [-0.25, -0.2) is 9.97 Å². The molecular formula is C18H18ClN5O. The second-order valence-corrected chi connectivity index (χ2v) is 6.44. The Morgan fingerprint density at radius 2 is 2.12 bits per heavy atom. The summed E-state index contributed by atoms with van der Waals surface area (Å²) in [5.74, 6) is 2.15. The van der Waals surface area contributed by atoms with E-state index < -0.39 is 0 Å². The molecule has 1 atom stereocenters. The second-order valence-electron chi connectivity index (χ2n) is 6.00. The number of hydrogen-bond donors (Lipinski definition) is 1. The standard InChI is InChI=1S/C18H18ClN5O/c19-13-3-5-14(6-4-13)25-18-11-20-10-15(23-18)16-2-1-9-24(16)12-17-21-7-8-22-17/h3-8,10-11,16H,1-2,9,12H2,(H,21,22)/t16-/m0/s1. The van der Waals surface area contributed by atoms with Gasteiger partial charge in [-0.1, -0.05) is 11.6 Å². The van der Waals surface area contributed by atoms with Crippen LogP contribution in [0.25, 0.3) is 0 Å². The third-order valence-electron chi connectivity index (χ3n) is 4.28. The summed E-state index contributed by atoms with van der Waals surface area (Å²) in [6.07, 6.45) is 9.26. The number of ether oxygens (including phenoxy) is 1. The topological polar surface area (TPSA) is 66.9 Å². The number of nitrogens with zero attached hydrogens (tertiary/aromatic N) is 4. The van der Waals surface area contributed by atoms with Gasteiger partial charge < -0.3 is 9.72 Å². The van der Waals surface area contributed by atoms with E-state index in [-0.39, 0.29) is 6.04 Å². The van der Waals surface area contributed by atoms with Gasteiger partial charge in [0.2, 0.25) is 5.88 Å².